The summed E-state index contributed by atoms with van der Waals surface area (Å²) in [6.45, 7) is 0. The number of nitrogen functional groups attached to an aromatic ring is 1. The number of aliphatic carboxylic acids is 1. The quantitative estimate of drug-likeness (QED) is 0.232. The van der Waals surface area contributed by atoms with Crippen molar-refractivity contribution < 1.29 is 27.8 Å². The third-order valence-corrected chi connectivity index (χ3v) is 3.86. The van der Waals surface area contributed by atoms with Gasteiger partial charge in [0.05, 0.1) is 21.3 Å². The minimum absolute atomic E-state index is 0.214. The lowest BCUT2D eigenvalue weighted by atomic mass is 10.3. The van der Waals surface area contributed by atoms with Gasteiger partial charge in [0.25, 0.3) is 15.8 Å². The zero-order chi connectivity index (χ0) is 14.8. The number of nitrogens with two attached hydrogens (primary N) is 1. The number of nitrogens with zero attached hydrogens (tertiary/aromatic N) is 1. The van der Waals surface area contributed by atoms with Gasteiger partial charge in [-0.2, -0.15) is 8.42 Å². The molecule has 0 bridgehead atoms. The first-order valence-corrected chi connectivity index (χ1v) is 6.95. The molecule has 0 aliphatic carbocycles. The third-order valence-electron chi connectivity index (χ3n) is 1.92. The molecule has 104 valence electrons. The van der Waals surface area contributed by atoms with Crippen LogP contribution in [-0.2, 0) is 14.9 Å². The van der Waals surface area contributed by atoms with Crippen LogP contribution < -0.4 is 5.73 Å². The van der Waals surface area contributed by atoms with Crippen molar-refractivity contribution in [2.75, 3.05) is 11.5 Å². The second kappa shape index (κ2) is 5.42. The molecule has 1 aromatic carbocycles. The summed E-state index contributed by atoms with van der Waals surface area (Å²) in [6.07, 6.45) is 0. The molecule has 0 aliphatic rings. The molecule has 0 saturated carbocycles. The van der Waals surface area contributed by atoms with Crippen molar-refractivity contribution in [3.05, 3.63) is 22.2 Å². The summed E-state index contributed by atoms with van der Waals surface area (Å²) in [7, 11) is -4.65. The monoisotopic (exact) mass is 308 g/mol. The summed E-state index contributed by atoms with van der Waals surface area (Å²) in [4.78, 5) is 19.4. The molecule has 0 spiro atoms. The summed E-state index contributed by atoms with van der Waals surface area (Å²) in [5, 5.41) is 19.3. The van der Waals surface area contributed by atoms with Crippen LogP contribution in [0.3, 0.4) is 0 Å². The molecule has 0 saturated heterocycles. The molecule has 9 nitrogen and oxygen atoms in total. The van der Waals surface area contributed by atoms with Crippen molar-refractivity contribution in [1.82, 2.24) is 0 Å². The number of anilines is 1. The molecular formula is C8H8N2O7S2. The van der Waals surface area contributed by atoms with Crippen molar-refractivity contribution in [3.63, 3.8) is 0 Å². The van der Waals surface area contributed by atoms with Crippen LogP contribution in [0.2, 0.25) is 0 Å². The van der Waals surface area contributed by atoms with E-state index in [1.165, 1.54) is 0 Å². The Bertz CT molecular complexity index is 641. The van der Waals surface area contributed by atoms with Crippen molar-refractivity contribution in [2.24, 2.45) is 0 Å². The summed E-state index contributed by atoms with van der Waals surface area (Å²) >= 11 is 0.550. The second-order valence-electron chi connectivity index (χ2n) is 3.27. The van der Waals surface area contributed by atoms with E-state index in [0.29, 0.717) is 11.8 Å². The standard InChI is InChI=1S/C8H8N2O7S2/c9-4-1-5(10(13)14)6(18-3-8(11)12)2-7(4)19(15,16)17/h1-2H,3,9H2,(H,11,12)(H,15,16,17). The molecule has 4 N–H and O–H groups in total. The SMILES string of the molecule is Nc1cc([N+](=O)[O-])c(SCC(=O)O)cc1S(=O)(=O)O. The van der Waals surface area contributed by atoms with E-state index < -0.39 is 43.0 Å². The van der Waals surface area contributed by atoms with E-state index in [2.05, 4.69) is 0 Å². The summed E-state index contributed by atoms with van der Waals surface area (Å²) in [6, 6.07) is 1.53. The third kappa shape index (κ3) is 3.81. The molecule has 0 radical (unpaired) electrons. The number of carboxylic acid groups (broad SMARTS) is 1. The van der Waals surface area contributed by atoms with Gasteiger partial charge in [-0.1, -0.05) is 0 Å². The molecule has 1 aromatic rings. The Morgan fingerprint density at radius 3 is 2.47 bits per heavy atom. The number of nitro groups is 1. The van der Waals surface area contributed by atoms with Crippen molar-refractivity contribution in [1.29, 1.82) is 0 Å². The Balaban J connectivity index is 3.39. The van der Waals surface area contributed by atoms with E-state index in [0.717, 1.165) is 12.1 Å². The van der Waals surface area contributed by atoms with Crippen LogP contribution in [0.1, 0.15) is 0 Å². The fraction of sp³-hybridized carbons (Fsp3) is 0.125. The highest BCUT2D eigenvalue weighted by atomic mass is 32.2. The highest BCUT2D eigenvalue weighted by Gasteiger charge is 2.23. The predicted molar refractivity (Wildman–Crippen MR) is 65.7 cm³/mol. The molecular weight excluding hydrogens is 300 g/mol. The topological polar surface area (TPSA) is 161 Å². The van der Waals surface area contributed by atoms with Gasteiger partial charge in [-0.25, -0.2) is 0 Å². The normalized spacial score (nSPS) is 11.2. The number of hydrogen-bond acceptors (Lipinski definition) is 7. The lowest BCUT2D eigenvalue weighted by molar-refractivity contribution is -0.387. The minimum atomic E-state index is -4.65. The fourth-order valence-electron chi connectivity index (χ4n) is 1.19. The van der Waals surface area contributed by atoms with E-state index >= 15 is 0 Å². The highest BCUT2D eigenvalue weighted by Crippen LogP contribution is 2.34. The van der Waals surface area contributed by atoms with Crippen LogP contribution in [0.25, 0.3) is 0 Å². The zero-order valence-electron chi connectivity index (χ0n) is 9.14. The lowest BCUT2D eigenvalue weighted by Crippen LogP contribution is -2.06. The first-order chi connectivity index (χ1) is 8.62. The molecule has 1 rings (SSSR count). The molecule has 0 aliphatic heterocycles. The first-order valence-electron chi connectivity index (χ1n) is 4.53. The van der Waals surface area contributed by atoms with E-state index in [1.807, 2.05) is 0 Å². The Kier molecular flexibility index (Phi) is 4.34. The second-order valence-corrected chi connectivity index (χ2v) is 5.68. The van der Waals surface area contributed by atoms with Gasteiger partial charge in [0.2, 0.25) is 0 Å². The average molecular weight is 308 g/mol. The predicted octanol–water partition coefficient (Wildman–Crippen LogP) is 0.600. The number of benzene rings is 1. The van der Waals surface area contributed by atoms with Crippen LogP contribution in [0.4, 0.5) is 11.4 Å². The molecule has 0 unspecified atom stereocenters. The molecule has 19 heavy (non-hydrogen) atoms. The average Bonchev–Trinajstić information content (AvgIpc) is 2.24. The highest BCUT2D eigenvalue weighted by molar-refractivity contribution is 8.00. The maximum atomic E-state index is 11.0. The zero-order valence-corrected chi connectivity index (χ0v) is 10.8. The van der Waals surface area contributed by atoms with Gasteiger partial charge >= 0.3 is 5.97 Å². The molecule has 0 aromatic heterocycles. The van der Waals surface area contributed by atoms with Crippen molar-refractivity contribution in [2.45, 2.75) is 9.79 Å². The van der Waals surface area contributed by atoms with E-state index in [-0.39, 0.29) is 4.90 Å². The molecule has 0 amide bonds. The summed E-state index contributed by atoms with van der Waals surface area (Å²) in [5.41, 5.74) is 4.28. The van der Waals surface area contributed by atoms with Gasteiger partial charge in [-0.15, -0.1) is 11.8 Å². The maximum absolute atomic E-state index is 11.0. The van der Waals surface area contributed by atoms with Gasteiger partial charge in [0, 0.05) is 6.07 Å². The maximum Gasteiger partial charge on any atom is 0.313 e. The van der Waals surface area contributed by atoms with Gasteiger partial charge in [0.15, 0.2) is 0 Å². The van der Waals surface area contributed by atoms with E-state index in [9.17, 15) is 23.3 Å². The van der Waals surface area contributed by atoms with Gasteiger partial charge in [-0.3, -0.25) is 19.5 Å². The number of nitro benzene ring substituents is 1. The lowest BCUT2D eigenvalue weighted by Gasteiger charge is -2.06. The van der Waals surface area contributed by atoms with E-state index in [1.54, 1.807) is 0 Å². The number of carbonyl (C=O) groups is 1. The van der Waals surface area contributed by atoms with Gasteiger partial charge < -0.3 is 10.8 Å². The van der Waals surface area contributed by atoms with Gasteiger partial charge in [0.1, 0.15) is 4.90 Å². The molecule has 11 heteroatoms. The van der Waals surface area contributed by atoms with E-state index in [4.69, 9.17) is 15.4 Å². The molecule has 0 atom stereocenters. The molecule has 0 fully saturated rings. The Hall–Kier alpha value is -1.85. The summed E-state index contributed by atoms with van der Waals surface area (Å²) < 4.78 is 30.9. The fourth-order valence-corrected chi connectivity index (χ4v) is 2.65. The van der Waals surface area contributed by atoms with Gasteiger partial charge in [-0.05, 0) is 6.07 Å². The van der Waals surface area contributed by atoms with Crippen LogP contribution in [0.5, 0.6) is 0 Å². The largest absolute Gasteiger partial charge is 0.481 e. The van der Waals surface area contributed by atoms with Crippen LogP contribution in [0.15, 0.2) is 21.9 Å². The number of rotatable bonds is 5. The Labute approximate surface area is 111 Å². The summed E-state index contributed by atoms with van der Waals surface area (Å²) in [5.74, 6) is -1.74. The minimum Gasteiger partial charge on any atom is -0.481 e. The molecule has 0 heterocycles. The van der Waals surface area contributed by atoms with Crippen LogP contribution >= 0.6 is 11.8 Å². The first kappa shape index (κ1) is 15.2. The van der Waals surface area contributed by atoms with Crippen molar-refractivity contribution >= 4 is 39.2 Å². The number of thioether (sulfide) groups is 1. The number of carboxylic acids is 1. The Morgan fingerprint density at radius 1 is 1.47 bits per heavy atom. The smallest absolute Gasteiger partial charge is 0.313 e. The Morgan fingerprint density at radius 2 is 2.05 bits per heavy atom. The number of hydrogen-bond donors (Lipinski definition) is 3. The van der Waals surface area contributed by atoms with Crippen molar-refractivity contribution in [3.8, 4) is 0 Å². The van der Waals surface area contributed by atoms with Crippen LogP contribution in [-0.4, -0.2) is 34.7 Å². The van der Waals surface area contributed by atoms with Crippen LogP contribution in [0, 0.1) is 10.1 Å².